The van der Waals surface area contributed by atoms with Gasteiger partial charge in [0.05, 0.1) is 17.4 Å². The highest BCUT2D eigenvalue weighted by Gasteiger charge is 2.50. The fraction of sp³-hybridized carbons (Fsp3) is 0.786. The van der Waals surface area contributed by atoms with Gasteiger partial charge in [-0.15, -0.1) is 0 Å². The van der Waals surface area contributed by atoms with Gasteiger partial charge in [0, 0.05) is 39.5 Å². The van der Waals surface area contributed by atoms with E-state index >= 15 is 0 Å². The Hall–Kier alpha value is -1.01. The average Bonchev–Trinajstić information content (AvgIpc) is 2.74. The van der Waals surface area contributed by atoms with Crippen LogP contribution >= 0.6 is 0 Å². The minimum absolute atomic E-state index is 0.366. The van der Waals surface area contributed by atoms with Crippen molar-refractivity contribution in [3.8, 4) is 0 Å². The molecule has 2 heterocycles. The zero-order valence-corrected chi connectivity index (χ0v) is 12.4. The number of aromatic nitrogens is 2. The highest BCUT2D eigenvalue weighted by atomic mass is 19.3. The number of aryl methyl sites for hydroxylation is 1. The van der Waals surface area contributed by atoms with E-state index in [9.17, 15) is 8.78 Å². The first kappa shape index (κ1) is 15.4. The summed E-state index contributed by atoms with van der Waals surface area (Å²) in [7, 11) is 3.80. The molecule has 1 fully saturated rings. The summed E-state index contributed by atoms with van der Waals surface area (Å²) >= 11 is 0. The maximum absolute atomic E-state index is 14.1. The number of rotatable bonds is 5. The molecular formula is C14H23F2N3O. The van der Waals surface area contributed by atoms with Crippen molar-refractivity contribution in [2.24, 2.45) is 12.5 Å². The third-order valence-electron chi connectivity index (χ3n) is 4.30. The van der Waals surface area contributed by atoms with E-state index in [0.717, 1.165) is 12.6 Å². The number of hydrogen-bond acceptors (Lipinski definition) is 3. The highest BCUT2D eigenvalue weighted by Crippen LogP contribution is 2.45. The first-order valence-corrected chi connectivity index (χ1v) is 6.93. The smallest absolute Gasteiger partial charge is 0.252 e. The van der Waals surface area contributed by atoms with E-state index in [4.69, 9.17) is 4.74 Å². The third kappa shape index (κ3) is 3.17. The topological polar surface area (TPSA) is 30.3 Å². The molecule has 0 radical (unpaired) electrons. The Morgan fingerprint density at radius 3 is 2.60 bits per heavy atom. The monoisotopic (exact) mass is 287 g/mol. The van der Waals surface area contributed by atoms with E-state index in [2.05, 4.69) is 4.98 Å². The van der Waals surface area contributed by atoms with Gasteiger partial charge in [0.25, 0.3) is 5.92 Å². The van der Waals surface area contributed by atoms with Gasteiger partial charge in [0.2, 0.25) is 0 Å². The molecule has 1 aliphatic heterocycles. The van der Waals surface area contributed by atoms with Crippen molar-refractivity contribution in [1.29, 1.82) is 0 Å². The van der Waals surface area contributed by atoms with Gasteiger partial charge < -0.3 is 9.30 Å². The van der Waals surface area contributed by atoms with Crippen molar-refractivity contribution in [2.45, 2.75) is 32.2 Å². The first-order valence-electron chi connectivity index (χ1n) is 6.93. The lowest BCUT2D eigenvalue weighted by atomic mass is 9.74. The zero-order valence-electron chi connectivity index (χ0n) is 12.4. The molecule has 0 N–H and O–H groups in total. The van der Waals surface area contributed by atoms with Crippen LogP contribution in [0, 0.1) is 5.41 Å². The first-order chi connectivity index (χ1) is 9.34. The third-order valence-corrected chi connectivity index (χ3v) is 4.30. The lowest BCUT2D eigenvalue weighted by Gasteiger charge is -2.43. The van der Waals surface area contributed by atoms with E-state index in [0.29, 0.717) is 39.1 Å². The lowest BCUT2D eigenvalue weighted by Crippen LogP contribution is -2.50. The zero-order chi connectivity index (χ0) is 14.8. The Morgan fingerprint density at radius 2 is 2.10 bits per heavy atom. The van der Waals surface area contributed by atoms with Crippen LogP contribution in [0.25, 0.3) is 0 Å². The molecule has 0 unspecified atom stereocenters. The molecule has 114 valence electrons. The molecule has 0 saturated carbocycles. The Morgan fingerprint density at radius 1 is 1.45 bits per heavy atom. The molecule has 2 rings (SSSR count). The van der Waals surface area contributed by atoms with Crippen LogP contribution in [-0.2, 0) is 18.3 Å². The molecule has 1 aromatic rings. The van der Waals surface area contributed by atoms with Crippen LogP contribution in [0.3, 0.4) is 0 Å². The molecular weight excluding hydrogens is 264 g/mol. The predicted octanol–water partition coefficient (Wildman–Crippen LogP) is 2.30. The second kappa shape index (κ2) is 5.77. The van der Waals surface area contributed by atoms with E-state index in [1.165, 1.54) is 0 Å². The summed E-state index contributed by atoms with van der Waals surface area (Å²) in [6.07, 6.45) is 4.32. The highest BCUT2D eigenvalue weighted by molar-refractivity contribution is 4.99. The minimum atomic E-state index is -2.70. The Labute approximate surface area is 118 Å². The quantitative estimate of drug-likeness (QED) is 0.832. The van der Waals surface area contributed by atoms with Crippen LogP contribution in [0.5, 0.6) is 0 Å². The van der Waals surface area contributed by atoms with Crippen LogP contribution in [0.1, 0.15) is 25.5 Å². The van der Waals surface area contributed by atoms with E-state index in [1.807, 2.05) is 23.6 Å². The fourth-order valence-electron chi connectivity index (χ4n) is 2.88. The number of nitrogens with zero attached hydrogens (tertiary/aromatic N) is 3. The molecule has 0 atom stereocenters. The van der Waals surface area contributed by atoms with Gasteiger partial charge in [-0.1, -0.05) is 0 Å². The maximum atomic E-state index is 14.1. The summed E-state index contributed by atoms with van der Waals surface area (Å²) < 4.78 is 35.3. The van der Waals surface area contributed by atoms with Gasteiger partial charge in [0.1, 0.15) is 0 Å². The van der Waals surface area contributed by atoms with Crippen LogP contribution in [0.2, 0.25) is 0 Å². The molecule has 1 aliphatic rings. The second-order valence-corrected chi connectivity index (χ2v) is 5.95. The molecule has 1 aromatic heterocycles. The normalized spacial score (nSPS) is 19.5. The van der Waals surface area contributed by atoms with Gasteiger partial charge >= 0.3 is 0 Å². The Balaban J connectivity index is 2.06. The number of hydrogen-bond donors (Lipinski definition) is 0. The number of ether oxygens (including phenoxy) is 1. The molecule has 1 saturated heterocycles. The van der Waals surface area contributed by atoms with E-state index in [-0.39, 0.29) is 0 Å². The standard InChI is InChI=1S/C14H23F2N3O/c1-13(15,16)14(4-6-20-7-5-14)10-18(2)9-12-8-17-11-19(12)3/h8,11H,4-7,9-10H2,1-3H3. The van der Waals surface area contributed by atoms with Gasteiger partial charge in [-0.2, -0.15) is 0 Å². The summed E-state index contributed by atoms with van der Waals surface area (Å²) in [5, 5.41) is 0. The minimum Gasteiger partial charge on any atom is -0.381 e. The SMILES string of the molecule is CN(Cc1cncn1C)CC1(C(C)(F)F)CCOCC1. The second-order valence-electron chi connectivity index (χ2n) is 5.95. The molecule has 0 aliphatic carbocycles. The molecule has 20 heavy (non-hydrogen) atoms. The molecule has 0 aromatic carbocycles. The van der Waals surface area contributed by atoms with Crippen molar-refractivity contribution < 1.29 is 13.5 Å². The van der Waals surface area contributed by atoms with Gasteiger partial charge in [-0.25, -0.2) is 13.8 Å². The van der Waals surface area contributed by atoms with Crippen LogP contribution in [-0.4, -0.2) is 47.2 Å². The van der Waals surface area contributed by atoms with Crippen molar-refractivity contribution >= 4 is 0 Å². The van der Waals surface area contributed by atoms with E-state index in [1.54, 1.807) is 12.5 Å². The lowest BCUT2D eigenvalue weighted by molar-refractivity contribution is -0.159. The summed E-state index contributed by atoms with van der Waals surface area (Å²) in [5.74, 6) is -2.70. The largest absolute Gasteiger partial charge is 0.381 e. The van der Waals surface area contributed by atoms with Gasteiger partial charge in [-0.3, -0.25) is 4.90 Å². The molecule has 6 heteroatoms. The summed E-state index contributed by atoms with van der Waals surface area (Å²) in [4.78, 5) is 6.01. The average molecular weight is 287 g/mol. The van der Waals surface area contributed by atoms with Gasteiger partial charge in [0.15, 0.2) is 0 Å². The molecule has 0 amide bonds. The fourth-order valence-corrected chi connectivity index (χ4v) is 2.88. The number of halogens is 2. The van der Waals surface area contributed by atoms with Crippen LogP contribution in [0.4, 0.5) is 8.78 Å². The number of alkyl halides is 2. The summed E-state index contributed by atoms with van der Waals surface area (Å²) in [6, 6.07) is 0. The Kier molecular flexibility index (Phi) is 4.44. The Bertz CT molecular complexity index is 436. The molecule has 4 nitrogen and oxygen atoms in total. The molecule has 0 spiro atoms. The predicted molar refractivity (Wildman–Crippen MR) is 72.6 cm³/mol. The van der Waals surface area contributed by atoms with Crippen molar-refractivity contribution in [1.82, 2.24) is 14.5 Å². The molecule has 0 bridgehead atoms. The van der Waals surface area contributed by atoms with Crippen molar-refractivity contribution in [3.05, 3.63) is 18.2 Å². The van der Waals surface area contributed by atoms with Crippen molar-refractivity contribution in [3.63, 3.8) is 0 Å². The number of imidazole rings is 1. The van der Waals surface area contributed by atoms with Crippen LogP contribution in [0.15, 0.2) is 12.5 Å². The van der Waals surface area contributed by atoms with Gasteiger partial charge in [-0.05, 0) is 26.8 Å². The summed E-state index contributed by atoms with van der Waals surface area (Å²) in [5.41, 5.74) is 0.0348. The van der Waals surface area contributed by atoms with Crippen LogP contribution < -0.4 is 0 Å². The maximum Gasteiger partial charge on any atom is 0.252 e. The van der Waals surface area contributed by atoms with Crippen molar-refractivity contribution in [2.75, 3.05) is 26.8 Å². The summed E-state index contributed by atoms with van der Waals surface area (Å²) in [6.45, 7) is 2.86. The van der Waals surface area contributed by atoms with E-state index < -0.39 is 11.3 Å².